The zero-order valence-corrected chi connectivity index (χ0v) is 9.94. The van der Waals surface area contributed by atoms with Crippen molar-refractivity contribution in [3.63, 3.8) is 0 Å². The van der Waals surface area contributed by atoms with E-state index in [9.17, 15) is 4.79 Å². The van der Waals surface area contributed by atoms with E-state index in [0.29, 0.717) is 28.9 Å². The second-order valence-corrected chi connectivity index (χ2v) is 4.41. The summed E-state index contributed by atoms with van der Waals surface area (Å²) in [6, 6.07) is 3.59. The highest BCUT2D eigenvalue weighted by Crippen LogP contribution is 2.38. The molecule has 3 aromatic heterocycles. The molecular formula is C12H8N2O3S. The van der Waals surface area contributed by atoms with Crippen LogP contribution in [0.5, 0.6) is 0 Å². The van der Waals surface area contributed by atoms with Crippen molar-refractivity contribution in [1.29, 1.82) is 0 Å². The Bertz CT molecular complexity index is 682. The first-order valence-corrected chi connectivity index (χ1v) is 5.99. The third-order valence-electron chi connectivity index (χ3n) is 2.54. The molecule has 0 amide bonds. The molecule has 3 aromatic rings. The number of nitrogen functional groups attached to an aromatic ring is 1. The van der Waals surface area contributed by atoms with Crippen molar-refractivity contribution in [2.75, 3.05) is 5.73 Å². The van der Waals surface area contributed by atoms with Gasteiger partial charge in [-0.2, -0.15) is 0 Å². The van der Waals surface area contributed by atoms with E-state index >= 15 is 0 Å². The van der Waals surface area contributed by atoms with Crippen molar-refractivity contribution in [3.05, 3.63) is 35.7 Å². The largest absolute Gasteiger partial charge is 0.463 e. The third-order valence-corrected chi connectivity index (χ3v) is 3.40. The van der Waals surface area contributed by atoms with E-state index < -0.39 is 0 Å². The van der Waals surface area contributed by atoms with Gasteiger partial charge in [-0.15, -0.1) is 11.3 Å². The lowest BCUT2D eigenvalue weighted by atomic mass is 10.1. The SMILES string of the molecule is Nc1occ(-c2scnc2-c2ccco2)c1C=O. The van der Waals surface area contributed by atoms with Crippen molar-refractivity contribution < 1.29 is 13.6 Å². The number of carbonyl (C=O) groups excluding carboxylic acids is 1. The average Bonchev–Trinajstić information content (AvgIpc) is 3.07. The van der Waals surface area contributed by atoms with E-state index in [2.05, 4.69) is 4.98 Å². The van der Waals surface area contributed by atoms with Gasteiger partial charge in [0.2, 0.25) is 5.88 Å². The number of nitrogens with zero attached hydrogens (tertiary/aromatic N) is 1. The van der Waals surface area contributed by atoms with E-state index in [1.165, 1.54) is 17.6 Å². The zero-order valence-electron chi connectivity index (χ0n) is 9.12. The van der Waals surface area contributed by atoms with Crippen LogP contribution in [-0.4, -0.2) is 11.3 Å². The quantitative estimate of drug-likeness (QED) is 0.732. The van der Waals surface area contributed by atoms with Crippen molar-refractivity contribution in [2.45, 2.75) is 0 Å². The standard InChI is InChI=1S/C12H8N2O3S/c13-12-7(4-15)8(5-17-12)11-10(14-6-18-11)9-2-1-3-16-9/h1-6H,13H2. The van der Waals surface area contributed by atoms with Crippen LogP contribution in [0.15, 0.2) is 39.0 Å². The Labute approximate surface area is 106 Å². The van der Waals surface area contributed by atoms with Crippen LogP contribution in [0.25, 0.3) is 21.9 Å². The van der Waals surface area contributed by atoms with Crippen LogP contribution in [0.3, 0.4) is 0 Å². The number of hydrogen-bond donors (Lipinski definition) is 1. The maximum Gasteiger partial charge on any atom is 0.201 e. The molecule has 0 bridgehead atoms. The molecule has 2 N–H and O–H groups in total. The van der Waals surface area contributed by atoms with Crippen molar-refractivity contribution in [2.24, 2.45) is 0 Å². The van der Waals surface area contributed by atoms with E-state index in [1.54, 1.807) is 17.8 Å². The fourth-order valence-corrected chi connectivity index (χ4v) is 2.52. The molecule has 3 heterocycles. The lowest BCUT2D eigenvalue weighted by Gasteiger charge is -1.97. The number of furan rings is 2. The van der Waals surface area contributed by atoms with Gasteiger partial charge in [0.1, 0.15) is 12.0 Å². The second-order valence-electron chi connectivity index (χ2n) is 3.55. The molecule has 0 spiro atoms. The third kappa shape index (κ3) is 1.54. The number of thiazole rings is 1. The van der Waals surface area contributed by atoms with Crippen LogP contribution in [0, 0.1) is 0 Å². The topological polar surface area (TPSA) is 82.3 Å². The summed E-state index contributed by atoms with van der Waals surface area (Å²) in [7, 11) is 0. The Kier molecular flexibility index (Phi) is 2.49. The van der Waals surface area contributed by atoms with E-state index in [4.69, 9.17) is 14.6 Å². The van der Waals surface area contributed by atoms with E-state index in [0.717, 1.165) is 4.88 Å². The van der Waals surface area contributed by atoms with E-state index in [1.807, 2.05) is 6.07 Å². The molecule has 3 rings (SSSR count). The fourth-order valence-electron chi connectivity index (χ4n) is 1.71. The predicted molar refractivity (Wildman–Crippen MR) is 67.3 cm³/mol. The van der Waals surface area contributed by atoms with Gasteiger partial charge in [-0.25, -0.2) is 4.98 Å². The van der Waals surface area contributed by atoms with Crippen molar-refractivity contribution in [1.82, 2.24) is 4.98 Å². The molecule has 0 saturated heterocycles. The van der Waals surface area contributed by atoms with Crippen LogP contribution in [0.1, 0.15) is 10.4 Å². The predicted octanol–water partition coefficient (Wildman–Crippen LogP) is 3.06. The van der Waals surface area contributed by atoms with Gasteiger partial charge in [-0.1, -0.05) is 0 Å². The summed E-state index contributed by atoms with van der Waals surface area (Å²) >= 11 is 1.40. The van der Waals surface area contributed by atoms with Gasteiger partial charge in [-0.3, -0.25) is 4.79 Å². The highest BCUT2D eigenvalue weighted by Gasteiger charge is 2.19. The second kappa shape index (κ2) is 4.15. The molecule has 18 heavy (non-hydrogen) atoms. The normalized spacial score (nSPS) is 10.7. The first-order chi connectivity index (χ1) is 8.81. The smallest absolute Gasteiger partial charge is 0.201 e. The fraction of sp³-hybridized carbons (Fsp3) is 0. The zero-order chi connectivity index (χ0) is 12.5. The number of nitrogens with two attached hydrogens (primary N) is 1. The summed E-state index contributed by atoms with van der Waals surface area (Å²) in [6.45, 7) is 0. The van der Waals surface area contributed by atoms with Gasteiger partial charge in [0, 0.05) is 5.56 Å². The number of carbonyl (C=O) groups is 1. The van der Waals surface area contributed by atoms with Crippen LogP contribution in [0.2, 0.25) is 0 Å². The number of anilines is 1. The molecule has 6 heteroatoms. The minimum Gasteiger partial charge on any atom is -0.463 e. The summed E-state index contributed by atoms with van der Waals surface area (Å²) in [5.74, 6) is 0.752. The minimum atomic E-state index is 0.110. The van der Waals surface area contributed by atoms with Crippen LogP contribution in [-0.2, 0) is 0 Å². The number of aldehydes is 1. The Morgan fingerprint density at radius 1 is 1.39 bits per heavy atom. The van der Waals surface area contributed by atoms with Crippen molar-refractivity contribution >= 4 is 23.5 Å². The van der Waals surface area contributed by atoms with Crippen molar-refractivity contribution in [3.8, 4) is 21.9 Å². The Morgan fingerprint density at radius 2 is 2.28 bits per heavy atom. The Hall–Kier alpha value is -2.34. The van der Waals surface area contributed by atoms with Gasteiger partial charge in [-0.05, 0) is 12.1 Å². The van der Waals surface area contributed by atoms with Gasteiger partial charge >= 0.3 is 0 Å². The number of aromatic nitrogens is 1. The number of rotatable bonds is 3. The van der Waals surface area contributed by atoms with Crippen LogP contribution in [0.4, 0.5) is 5.88 Å². The highest BCUT2D eigenvalue weighted by molar-refractivity contribution is 7.13. The first kappa shape index (κ1) is 10.8. The molecule has 5 nitrogen and oxygen atoms in total. The molecule has 0 aliphatic carbocycles. The monoisotopic (exact) mass is 260 g/mol. The molecule has 0 aliphatic rings. The van der Waals surface area contributed by atoms with Gasteiger partial charge in [0.25, 0.3) is 0 Å². The van der Waals surface area contributed by atoms with Crippen LogP contribution < -0.4 is 5.73 Å². The summed E-state index contributed by atoms with van der Waals surface area (Å²) in [4.78, 5) is 16.1. The summed E-state index contributed by atoms with van der Waals surface area (Å²) < 4.78 is 10.4. The molecule has 90 valence electrons. The Balaban J connectivity index is 2.19. The first-order valence-electron chi connectivity index (χ1n) is 5.11. The molecule has 0 unspecified atom stereocenters. The highest BCUT2D eigenvalue weighted by atomic mass is 32.1. The van der Waals surface area contributed by atoms with Gasteiger partial charge < -0.3 is 14.6 Å². The maximum absolute atomic E-state index is 11.0. The average molecular weight is 260 g/mol. The lowest BCUT2D eigenvalue weighted by Crippen LogP contribution is -1.89. The lowest BCUT2D eigenvalue weighted by molar-refractivity contribution is 0.112. The summed E-state index contributed by atoms with van der Waals surface area (Å²) in [5, 5.41) is 0. The molecule has 0 radical (unpaired) electrons. The molecule has 0 saturated carbocycles. The van der Waals surface area contributed by atoms with E-state index in [-0.39, 0.29) is 5.88 Å². The van der Waals surface area contributed by atoms with Gasteiger partial charge in [0.15, 0.2) is 12.0 Å². The molecule has 0 fully saturated rings. The van der Waals surface area contributed by atoms with Gasteiger partial charge in [0.05, 0.1) is 22.2 Å². The summed E-state index contributed by atoms with van der Waals surface area (Å²) in [5.41, 5.74) is 8.93. The molecule has 0 aliphatic heterocycles. The minimum absolute atomic E-state index is 0.110. The summed E-state index contributed by atoms with van der Waals surface area (Å²) in [6.07, 6.45) is 3.71. The van der Waals surface area contributed by atoms with Crippen LogP contribution >= 0.6 is 11.3 Å². The Morgan fingerprint density at radius 3 is 3.00 bits per heavy atom. The molecule has 0 atom stereocenters. The number of hydrogen-bond acceptors (Lipinski definition) is 6. The molecular weight excluding hydrogens is 252 g/mol. The molecule has 0 aromatic carbocycles. The maximum atomic E-state index is 11.0.